The number of benzene rings is 1. The summed E-state index contributed by atoms with van der Waals surface area (Å²) in [6, 6.07) is 7.44. The normalized spacial score (nSPS) is 16.4. The number of carboxylic acid groups (broad SMARTS) is 1. The maximum Gasteiger partial charge on any atom is 0.300 e. The number of hydrogen-bond acceptors (Lipinski definition) is 3. The third kappa shape index (κ3) is 7.29. The fourth-order valence-corrected chi connectivity index (χ4v) is 4.04. The smallest absolute Gasteiger partial charge is 0.300 e. The second-order valence-electron chi connectivity index (χ2n) is 8.44. The van der Waals surface area contributed by atoms with Crippen molar-refractivity contribution in [2.24, 2.45) is 5.92 Å². The number of aryl methyl sites for hydroxylation is 1. The number of nitrogens with one attached hydrogen (secondary N) is 4. The van der Waals surface area contributed by atoms with Gasteiger partial charge in [0.05, 0.1) is 0 Å². The summed E-state index contributed by atoms with van der Waals surface area (Å²) in [4.78, 5) is 12.6. The second kappa shape index (κ2) is 11.3. The van der Waals surface area contributed by atoms with Gasteiger partial charge in [-0.25, -0.2) is 0 Å². The van der Waals surface area contributed by atoms with Crippen molar-refractivity contribution < 1.29 is 9.90 Å². The van der Waals surface area contributed by atoms with Gasteiger partial charge < -0.3 is 26.0 Å². The maximum atomic E-state index is 9.00. The molecule has 7 heteroatoms. The lowest BCUT2D eigenvalue weighted by molar-refractivity contribution is -0.134. The lowest BCUT2D eigenvalue weighted by Crippen LogP contribution is -2.33. The second-order valence-corrected chi connectivity index (χ2v) is 8.85. The van der Waals surface area contributed by atoms with Gasteiger partial charge in [0.25, 0.3) is 5.97 Å². The van der Waals surface area contributed by atoms with Crippen LogP contribution in [-0.2, 0) is 17.6 Å². The summed E-state index contributed by atoms with van der Waals surface area (Å²) in [5.74, 6) is -0.115. The molecule has 5 N–H and O–H groups in total. The molecular formula is C23H36N4O2S. The highest BCUT2D eigenvalue weighted by Gasteiger charge is 2.23. The van der Waals surface area contributed by atoms with Gasteiger partial charge in [-0.3, -0.25) is 4.79 Å². The number of rotatable bonds is 6. The molecule has 1 heterocycles. The molecule has 2 atom stereocenters. The van der Waals surface area contributed by atoms with Gasteiger partial charge in [-0.05, 0) is 94.9 Å². The fourth-order valence-electron chi connectivity index (χ4n) is 3.68. The minimum Gasteiger partial charge on any atom is -0.481 e. The zero-order chi connectivity index (χ0) is 22.3. The number of fused-ring (bicyclic) bond motifs is 3. The number of hydrogen-bond donors (Lipinski definition) is 5. The van der Waals surface area contributed by atoms with Crippen LogP contribution in [-0.4, -0.2) is 39.8 Å². The quantitative estimate of drug-likeness (QED) is 0.434. The molecule has 2 unspecified atom stereocenters. The van der Waals surface area contributed by atoms with Crippen molar-refractivity contribution in [1.29, 1.82) is 0 Å². The van der Waals surface area contributed by atoms with E-state index >= 15 is 0 Å². The topological polar surface area (TPSA) is 89.2 Å². The summed E-state index contributed by atoms with van der Waals surface area (Å²) in [6.45, 7) is 10.9. The number of aromatic nitrogens is 1. The monoisotopic (exact) mass is 432 g/mol. The van der Waals surface area contributed by atoms with Crippen molar-refractivity contribution in [1.82, 2.24) is 15.6 Å². The van der Waals surface area contributed by atoms with E-state index in [1.807, 2.05) is 0 Å². The molecular weight excluding hydrogens is 396 g/mol. The van der Waals surface area contributed by atoms with E-state index in [1.165, 1.54) is 35.0 Å². The average Bonchev–Trinajstić information content (AvgIpc) is 3.02. The Kier molecular flexibility index (Phi) is 9.11. The highest BCUT2D eigenvalue weighted by Crippen LogP contribution is 2.33. The molecule has 166 valence electrons. The van der Waals surface area contributed by atoms with Gasteiger partial charge in [-0.15, -0.1) is 0 Å². The Morgan fingerprint density at radius 3 is 2.67 bits per heavy atom. The minimum atomic E-state index is -0.833. The Morgan fingerprint density at radius 1 is 1.33 bits per heavy atom. The van der Waals surface area contributed by atoms with E-state index in [4.69, 9.17) is 22.1 Å². The Hall–Kier alpha value is -2.12. The standard InChI is InChI=1S/C21H32N4S.C2H4O2/c1-5-14(4)22-12-15-6-8-19-17(10-15)18-11-16(7-9-20(18)25-19)24-21(26)23-13(2)3;1-2(3)4/h7,9,11,13-15,22,25H,5-6,8,10,12H2,1-4H3,(H2,23,24,26);1H3,(H,3,4). The van der Waals surface area contributed by atoms with Crippen LogP contribution in [0.1, 0.15) is 58.7 Å². The zero-order valence-electron chi connectivity index (χ0n) is 18.8. The average molecular weight is 433 g/mol. The first-order chi connectivity index (χ1) is 14.2. The van der Waals surface area contributed by atoms with Crippen LogP contribution >= 0.6 is 12.2 Å². The van der Waals surface area contributed by atoms with Crippen LogP contribution in [0.3, 0.4) is 0 Å². The molecule has 0 radical (unpaired) electrons. The summed E-state index contributed by atoms with van der Waals surface area (Å²) >= 11 is 5.39. The van der Waals surface area contributed by atoms with Crippen LogP contribution in [0.4, 0.5) is 5.69 Å². The molecule has 0 saturated carbocycles. The van der Waals surface area contributed by atoms with E-state index in [1.54, 1.807) is 0 Å². The lowest BCUT2D eigenvalue weighted by atomic mass is 9.86. The fraction of sp³-hybridized carbons (Fsp3) is 0.565. The minimum absolute atomic E-state index is 0.331. The lowest BCUT2D eigenvalue weighted by Gasteiger charge is -2.24. The Balaban J connectivity index is 0.000000735. The zero-order valence-corrected chi connectivity index (χ0v) is 19.6. The summed E-state index contributed by atoms with van der Waals surface area (Å²) in [5, 5.41) is 19.7. The van der Waals surface area contributed by atoms with Crippen LogP contribution in [0.15, 0.2) is 18.2 Å². The number of anilines is 1. The first-order valence-corrected chi connectivity index (χ1v) is 11.2. The first kappa shape index (κ1) is 24.2. The van der Waals surface area contributed by atoms with E-state index in [0.29, 0.717) is 17.2 Å². The van der Waals surface area contributed by atoms with Crippen molar-refractivity contribution in [3.05, 3.63) is 29.5 Å². The number of aliphatic carboxylic acids is 1. The van der Waals surface area contributed by atoms with E-state index in [2.05, 4.69) is 66.8 Å². The molecule has 30 heavy (non-hydrogen) atoms. The van der Waals surface area contributed by atoms with Gasteiger partial charge >= 0.3 is 0 Å². The van der Waals surface area contributed by atoms with E-state index in [0.717, 1.165) is 37.9 Å². The number of carboxylic acids is 1. The molecule has 0 saturated heterocycles. The van der Waals surface area contributed by atoms with Crippen LogP contribution in [0.2, 0.25) is 0 Å². The van der Waals surface area contributed by atoms with Crippen LogP contribution in [0, 0.1) is 5.92 Å². The van der Waals surface area contributed by atoms with Gasteiger partial charge in [-0.2, -0.15) is 0 Å². The molecule has 0 fully saturated rings. The third-order valence-corrected chi connectivity index (χ3v) is 5.55. The molecule has 3 rings (SSSR count). The van der Waals surface area contributed by atoms with Crippen LogP contribution in [0.5, 0.6) is 0 Å². The predicted molar refractivity (Wildman–Crippen MR) is 129 cm³/mol. The summed E-state index contributed by atoms with van der Waals surface area (Å²) in [6.07, 6.45) is 4.74. The molecule has 0 amide bonds. The van der Waals surface area contributed by atoms with Gasteiger partial charge in [0, 0.05) is 41.3 Å². The maximum absolute atomic E-state index is 9.00. The van der Waals surface area contributed by atoms with E-state index in [9.17, 15) is 0 Å². The molecule has 0 spiro atoms. The molecule has 0 bridgehead atoms. The highest BCUT2D eigenvalue weighted by atomic mass is 32.1. The van der Waals surface area contributed by atoms with Crippen LogP contribution in [0.25, 0.3) is 10.9 Å². The summed E-state index contributed by atoms with van der Waals surface area (Å²) < 4.78 is 0. The third-order valence-electron chi connectivity index (χ3n) is 5.33. The summed E-state index contributed by atoms with van der Waals surface area (Å²) in [5.41, 5.74) is 5.20. The van der Waals surface area contributed by atoms with Gasteiger partial charge in [-0.1, -0.05) is 6.92 Å². The first-order valence-electron chi connectivity index (χ1n) is 10.8. The van der Waals surface area contributed by atoms with Crippen molar-refractivity contribution in [2.75, 3.05) is 11.9 Å². The van der Waals surface area contributed by atoms with E-state index in [-0.39, 0.29) is 0 Å². The molecule has 6 nitrogen and oxygen atoms in total. The molecule has 1 aliphatic rings. The number of carbonyl (C=O) groups is 1. The molecule has 1 aromatic heterocycles. The van der Waals surface area contributed by atoms with Crippen molar-refractivity contribution in [2.45, 2.75) is 72.4 Å². The van der Waals surface area contributed by atoms with Crippen molar-refractivity contribution in [3.8, 4) is 0 Å². The Bertz CT molecular complexity index is 858. The largest absolute Gasteiger partial charge is 0.481 e. The van der Waals surface area contributed by atoms with Crippen molar-refractivity contribution >= 4 is 39.9 Å². The van der Waals surface area contributed by atoms with Crippen LogP contribution < -0.4 is 16.0 Å². The highest BCUT2D eigenvalue weighted by molar-refractivity contribution is 7.80. The molecule has 1 aliphatic carbocycles. The predicted octanol–water partition coefficient (Wildman–Crippen LogP) is 4.45. The van der Waals surface area contributed by atoms with Gasteiger partial charge in [0.1, 0.15) is 0 Å². The molecule has 0 aliphatic heterocycles. The molecule has 1 aromatic carbocycles. The van der Waals surface area contributed by atoms with E-state index < -0.39 is 5.97 Å². The van der Waals surface area contributed by atoms with Gasteiger partial charge in [0.2, 0.25) is 0 Å². The van der Waals surface area contributed by atoms with Gasteiger partial charge in [0.15, 0.2) is 5.11 Å². The SMILES string of the molecule is CC(=O)O.CCC(C)NCC1CCc2[nH]c3ccc(NC(=S)NC(C)C)cc3c2C1. The number of H-pyrrole nitrogens is 1. The Labute approximate surface area is 185 Å². The van der Waals surface area contributed by atoms with Crippen molar-refractivity contribution in [3.63, 3.8) is 0 Å². The number of aromatic amines is 1. The molecule has 2 aromatic rings. The number of thiocarbonyl (C=S) groups is 1. The Morgan fingerprint density at radius 2 is 2.03 bits per heavy atom. The summed E-state index contributed by atoms with van der Waals surface area (Å²) in [7, 11) is 0.